The van der Waals surface area contributed by atoms with Gasteiger partial charge in [-0.3, -0.25) is 0 Å². The Balaban J connectivity index is 3.38. The van der Waals surface area contributed by atoms with Crippen LogP contribution in [0.15, 0.2) is 24.3 Å². The Hall–Kier alpha value is -0.890. The van der Waals surface area contributed by atoms with Crippen LogP contribution in [-0.4, -0.2) is 31.3 Å². The van der Waals surface area contributed by atoms with Crippen molar-refractivity contribution in [1.29, 1.82) is 0 Å². The first-order chi connectivity index (χ1) is 6.81. The van der Waals surface area contributed by atoms with E-state index >= 15 is 0 Å². The van der Waals surface area contributed by atoms with E-state index in [1.807, 2.05) is 18.2 Å². The molecule has 2 heteroatoms. The van der Waals surface area contributed by atoms with E-state index < -0.39 is 0 Å². The van der Waals surface area contributed by atoms with Crippen LogP contribution in [0, 0.1) is 0 Å². The first kappa shape index (κ1) is 13.1. The molecule has 0 radical (unpaired) electrons. The number of hydrogen-bond donors (Lipinski definition) is 0. The van der Waals surface area contributed by atoms with Gasteiger partial charge in [0.05, 0.1) is 0 Å². The quantitative estimate of drug-likeness (QED) is 0.438. The summed E-state index contributed by atoms with van der Waals surface area (Å²) in [7, 11) is 2.14. The molecular formula is C12H21NO. The zero-order valence-electron chi connectivity index (χ0n) is 9.28. The lowest BCUT2D eigenvalue weighted by molar-refractivity contribution is -0.107. The van der Waals surface area contributed by atoms with E-state index in [1.54, 1.807) is 0 Å². The van der Waals surface area contributed by atoms with Crippen molar-refractivity contribution in [3.63, 3.8) is 0 Å². The summed E-state index contributed by atoms with van der Waals surface area (Å²) in [5.74, 6) is 0. The maximum atomic E-state index is 9.97. The monoisotopic (exact) mass is 195 g/mol. The van der Waals surface area contributed by atoms with E-state index in [2.05, 4.69) is 24.9 Å². The van der Waals surface area contributed by atoms with E-state index in [0.717, 1.165) is 25.8 Å². The fourth-order valence-electron chi connectivity index (χ4n) is 1.18. The third kappa shape index (κ3) is 9.20. The minimum absolute atomic E-state index is 0.514. The Bertz CT molecular complexity index is 185. The highest BCUT2D eigenvalue weighted by Gasteiger charge is 1.91. The largest absolute Gasteiger partial charge is 0.306 e. The first-order valence-electron chi connectivity index (χ1n) is 5.25. The topological polar surface area (TPSA) is 20.3 Å². The molecule has 0 aromatic carbocycles. The summed E-state index contributed by atoms with van der Waals surface area (Å²) in [6, 6.07) is 0. The van der Waals surface area contributed by atoms with Crippen molar-refractivity contribution in [3.05, 3.63) is 24.3 Å². The zero-order chi connectivity index (χ0) is 10.6. The van der Waals surface area contributed by atoms with Crippen LogP contribution >= 0.6 is 0 Å². The van der Waals surface area contributed by atoms with Crippen LogP contribution in [0.3, 0.4) is 0 Å². The van der Waals surface area contributed by atoms with E-state index in [-0.39, 0.29) is 0 Å². The molecule has 0 fully saturated rings. The van der Waals surface area contributed by atoms with Crippen LogP contribution < -0.4 is 0 Å². The molecule has 0 aromatic heterocycles. The molecule has 0 saturated heterocycles. The molecule has 0 unspecified atom stereocenters. The van der Waals surface area contributed by atoms with Crippen molar-refractivity contribution >= 4 is 6.29 Å². The Kier molecular flexibility index (Phi) is 9.54. The number of rotatable bonds is 8. The molecule has 80 valence electrons. The molecule has 0 aliphatic heterocycles. The van der Waals surface area contributed by atoms with Gasteiger partial charge in [0.2, 0.25) is 0 Å². The van der Waals surface area contributed by atoms with Gasteiger partial charge in [0.25, 0.3) is 0 Å². The van der Waals surface area contributed by atoms with Crippen LogP contribution in [0.1, 0.15) is 26.2 Å². The van der Waals surface area contributed by atoms with Crippen LogP contribution in [-0.2, 0) is 4.79 Å². The summed E-state index contributed by atoms with van der Waals surface area (Å²) in [5, 5.41) is 0. The van der Waals surface area contributed by atoms with Gasteiger partial charge < -0.3 is 9.69 Å². The van der Waals surface area contributed by atoms with Gasteiger partial charge >= 0.3 is 0 Å². The molecule has 0 heterocycles. The van der Waals surface area contributed by atoms with Gasteiger partial charge in [-0.2, -0.15) is 0 Å². The van der Waals surface area contributed by atoms with Crippen molar-refractivity contribution in [2.75, 3.05) is 20.1 Å². The Morgan fingerprint density at radius 3 is 2.50 bits per heavy atom. The van der Waals surface area contributed by atoms with Crippen LogP contribution in [0.5, 0.6) is 0 Å². The van der Waals surface area contributed by atoms with Crippen molar-refractivity contribution in [2.45, 2.75) is 26.2 Å². The minimum atomic E-state index is 0.514. The lowest BCUT2D eigenvalue weighted by Crippen LogP contribution is -2.19. The van der Waals surface area contributed by atoms with Crippen LogP contribution in [0.2, 0.25) is 0 Å². The number of allylic oxidation sites excluding steroid dienone is 3. The molecule has 0 rings (SSSR count). The third-order valence-corrected chi connectivity index (χ3v) is 1.90. The second-order valence-corrected chi connectivity index (χ2v) is 3.35. The summed E-state index contributed by atoms with van der Waals surface area (Å²) in [4.78, 5) is 12.3. The average molecular weight is 195 g/mol. The lowest BCUT2D eigenvalue weighted by Gasteiger charge is -2.13. The Morgan fingerprint density at radius 2 is 1.86 bits per heavy atom. The van der Waals surface area contributed by atoms with Gasteiger partial charge in [-0.15, -0.1) is 0 Å². The van der Waals surface area contributed by atoms with Crippen molar-refractivity contribution in [2.24, 2.45) is 0 Å². The SMILES string of the molecule is CCCN(C)CC/C=C\C=C/CC=O. The van der Waals surface area contributed by atoms with Gasteiger partial charge in [0, 0.05) is 13.0 Å². The summed E-state index contributed by atoms with van der Waals surface area (Å²) in [6.45, 7) is 4.45. The lowest BCUT2D eigenvalue weighted by atomic mass is 10.3. The van der Waals surface area contributed by atoms with Crippen LogP contribution in [0.25, 0.3) is 0 Å². The molecule has 0 aliphatic rings. The van der Waals surface area contributed by atoms with Gasteiger partial charge in [-0.1, -0.05) is 31.2 Å². The second kappa shape index (κ2) is 10.2. The molecule has 0 saturated carbocycles. The molecule has 0 spiro atoms. The maximum absolute atomic E-state index is 9.97. The van der Waals surface area contributed by atoms with Crippen molar-refractivity contribution in [3.8, 4) is 0 Å². The Morgan fingerprint density at radius 1 is 1.14 bits per heavy atom. The van der Waals surface area contributed by atoms with Crippen LogP contribution in [0.4, 0.5) is 0 Å². The second-order valence-electron chi connectivity index (χ2n) is 3.35. The maximum Gasteiger partial charge on any atom is 0.123 e. The first-order valence-corrected chi connectivity index (χ1v) is 5.25. The summed E-state index contributed by atoms with van der Waals surface area (Å²) < 4.78 is 0. The van der Waals surface area contributed by atoms with E-state index in [1.165, 1.54) is 6.42 Å². The van der Waals surface area contributed by atoms with Gasteiger partial charge in [0.15, 0.2) is 0 Å². The van der Waals surface area contributed by atoms with E-state index in [0.29, 0.717) is 6.42 Å². The molecule has 0 bridgehead atoms. The molecule has 0 aromatic rings. The number of aldehydes is 1. The van der Waals surface area contributed by atoms with Crippen molar-refractivity contribution < 1.29 is 4.79 Å². The predicted molar refractivity (Wildman–Crippen MR) is 61.4 cm³/mol. The van der Waals surface area contributed by atoms with Gasteiger partial charge in [-0.05, 0) is 26.4 Å². The average Bonchev–Trinajstić information content (AvgIpc) is 2.17. The van der Waals surface area contributed by atoms with E-state index in [4.69, 9.17) is 0 Å². The number of carbonyl (C=O) groups excluding carboxylic acids is 1. The molecule has 2 nitrogen and oxygen atoms in total. The number of nitrogens with zero attached hydrogens (tertiary/aromatic N) is 1. The van der Waals surface area contributed by atoms with Gasteiger partial charge in [-0.25, -0.2) is 0 Å². The van der Waals surface area contributed by atoms with E-state index in [9.17, 15) is 4.79 Å². The Labute approximate surface area is 87.3 Å². The fourth-order valence-corrected chi connectivity index (χ4v) is 1.18. The standard InChI is InChI=1S/C12H21NO/c1-3-10-13(2)11-8-6-4-5-7-9-12-14/h4-7,12H,3,8-11H2,1-2H3/b6-4-,7-5-. The molecule has 14 heavy (non-hydrogen) atoms. The highest BCUT2D eigenvalue weighted by atomic mass is 16.1. The number of carbonyl (C=O) groups is 1. The highest BCUT2D eigenvalue weighted by molar-refractivity contribution is 5.52. The molecule has 0 amide bonds. The minimum Gasteiger partial charge on any atom is -0.306 e. The highest BCUT2D eigenvalue weighted by Crippen LogP contribution is 1.91. The molecule has 0 N–H and O–H groups in total. The molecular weight excluding hydrogens is 174 g/mol. The predicted octanol–water partition coefficient (Wildman–Crippen LogP) is 2.42. The third-order valence-electron chi connectivity index (χ3n) is 1.90. The summed E-state index contributed by atoms with van der Waals surface area (Å²) in [5.41, 5.74) is 0. The molecule has 0 atom stereocenters. The fraction of sp³-hybridized carbons (Fsp3) is 0.583. The van der Waals surface area contributed by atoms with Gasteiger partial charge in [0.1, 0.15) is 6.29 Å². The summed E-state index contributed by atoms with van der Waals surface area (Å²) in [6.07, 6.45) is 11.6. The van der Waals surface area contributed by atoms with Crippen molar-refractivity contribution in [1.82, 2.24) is 4.90 Å². The summed E-state index contributed by atoms with van der Waals surface area (Å²) >= 11 is 0. The molecule has 0 aliphatic carbocycles. The number of hydrogen-bond acceptors (Lipinski definition) is 2. The normalized spacial score (nSPS) is 11.9. The smallest absolute Gasteiger partial charge is 0.123 e. The zero-order valence-corrected chi connectivity index (χ0v) is 9.28.